The molecule has 34 heavy (non-hydrogen) atoms. The quantitative estimate of drug-likeness (QED) is 0.145. The molecule has 2 atom stereocenters. The van der Waals surface area contributed by atoms with Crippen molar-refractivity contribution in [3.8, 4) is 0 Å². The highest BCUT2D eigenvalue weighted by molar-refractivity contribution is 7.47. The van der Waals surface area contributed by atoms with Crippen molar-refractivity contribution in [3.05, 3.63) is 0 Å². The molecule has 0 saturated carbocycles. The molecule has 1 unspecified atom stereocenters. The second kappa shape index (κ2) is 14.4. The van der Waals surface area contributed by atoms with E-state index in [1.807, 2.05) is 0 Å². The number of hydrogen-bond acceptors (Lipinski definition) is 10. The number of phosphoric ester groups is 1. The van der Waals surface area contributed by atoms with Crippen LogP contribution in [0.5, 0.6) is 0 Å². The predicted octanol–water partition coefficient (Wildman–Crippen LogP) is 1.42. The fourth-order valence-corrected chi connectivity index (χ4v) is 3.01. The molecule has 0 radical (unpaired) electrons. The molecule has 1 amide bonds. The zero-order valence-corrected chi connectivity index (χ0v) is 21.3. The molecule has 0 spiro atoms. The van der Waals surface area contributed by atoms with Crippen LogP contribution in [-0.2, 0) is 47.0 Å². The molecule has 0 aromatic carbocycles. The lowest BCUT2D eigenvalue weighted by molar-refractivity contribution is -0.158. The van der Waals surface area contributed by atoms with Crippen LogP contribution in [0.4, 0.5) is 0 Å². The minimum atomic E-state index is -4.54. The van der Waals surface area contributed by atoms with Crippen LogP contribution in [0, 0.1) is 5.41 Å². The number of nitrogens with one attached hydrogen (secondary N) is 1. The van der Waals surface area contributed by atoms with Gasteiger partial charge in [-0.2, -0.15) is 0 Å². The number of carbonyl (C=O) groups excluding carboxylic acids is 3. The SMILES string of the molecule is CC(=O)OC[C@H](COP(=O)(O)OCCNC(=O)C(C)(C)COC(C)(C)CCC(=O)O)OC(C)=O. The fourth-order valence-electron chi connectivity index (χ4n) is 2.26. The van der Waals surface area contributed by atoms with E-state index < -0.39 is 55.4 Å². The van der Waals surface area contributed by atoms with Crippen LogP contribution in [-0.4, -0.2) is 78.5 Å². The lowest BCUT2D eigenvalue weighted by Gasteiger charge is -2.31. The van der Waals surface area contributed by atoms with Crippen molar-refractivity contribution in [3.63, 3.8) is 0 Å². The summed E-state index contributed by atoms with van der Waals surface area (Å²) in [4.78, 5) is 54.9. The number of phosphoric acid groups is 1. The van der Waals surface area contributed by atoms with Gasteiger partial charge in [0.1, 0.15) is 6.61 Å². The Morgan fingerprint density at radius 3 is 2.15 bits per heavy atom. The average Bonchev–Trinajstić information content (AvgIpc) is 2.70. The molecular weight excluding hydrogens is 477 g/mol. The molecule has 0 rings (SSSR count). The Morgan fingerprint density at radius 1 is 1.00 bits per heavy atom. The third-order valence-electron chi connectivity index (χ3n) is 4.25. The second-order valence-electron chi connectivity index (χ2n) is 8.71. The van der Waals surface area contributed by atoms with Gasteiger partial charge < -0.3 is 29.5 Å². The zero-order valence-electron chi connectivity index (χ0n) is 20.5. The third-order valence-corrected chi connectivity index (χ3v) is 5.23. The molecule has 0 saturated heterocycles. The summed E-state index contributed by atoms with van der Waals surface area (Å²) >= 11 is 0. The zero-order chi connectivity index (χ0) is 26.6. The second-order valence-corrected chi connectivity index (χ2v) is 10.2. The number of aliphatic carboxylic acids is 1. The molecule has 13 nitrogen and oxygen atoms in total. The van der Waals surface area contributed by atoms with Gasteiger partial charge in [-0.05, 0) is 34.1 Å². The Balaban J connectivity index is 4.48. The van der Waals surface area contributed by atoms with Crippen molar-refractivity contribution in [1.82, 2.24) is 5.32 Å². The molecule has 3 N–H and O–H groups in total. The van der Waals surface area contributed by atoms with Gasteiger partial charge in [-0.25, -0.2) is 4.57 Å². The predicted molar refractivity (Wildman–Crippen MR) is 118 cm³/mol. The van der Waals surface area contributed by atoms with Crippen molar-refractivity contribution >= 4 is 31.6 Å². The maximum atomic E-state index is 12.4. The summed E-state index contributed by atoms with van der Waals surface area (Å²) in [7, 11) is -4.54. The van der Waals surface area contributed by atoms with E-state index in [1.54, 1.807) is 27.7 Å². The molecule has 0 aliphatic heterocycles. The van der Waals surface area contributed by atoms with E-state index in [9.17, 15) is 28.6 Å². The van der Waals surface area contributed by atoms with E-state index in [1.165, 1.54) is 0 Å². The molecule has 0 fully saturated rings. The van der Waals surface area contributed by atoms with Crippen molar-refractivity contribution in [2.24, 2.45) is 5.41 Å². The molecule has 0 aliphatic rings. The van der Waals surface area contributed by atoms with Crippen LogP contribution < -0.4 is 5.32 Å². The number of esters is 2. The Kier molecular flexibility index (Phi) is 13.5. The fraction of sp³-hybridized carbons (Fsp3) is 0.800. The minimum absolute atomic E-state index is 0.0216. The molecule has 198 valence electrons. The van der Waals surface area contributed by atoms with Gasteiger partial charge in [0.2, 0.25) is 5.91 Å². The molecule has 0 aromatic rings. The number of carboxylic acids is 1. The summed E-state index contributed by atoms with van der Waals surface area (Å²) in [5, 5.41) is 11.3. The molecular formula is C20H36NO12P. The number of ether oxygens (including phenoxy) is 3. The van der Waals surface area contributed by atoms with Crippen LogP contribution >= 0.6 is 7.82 Å². The standard InChI is InChI=1S/C20H36NO12P/c1-14(22)29-11-16(33-15(2)23)12-32-34(27,28)31-10-9-21-18(26)19(3,4)13-30-20(5,6)8-7-17(24)25/h16H,7-13H2,1-6H3,(H,21,26)(H,24,25)(H,27,28)/t16-/m1/s1. The van der Waals surface area contributed by atoms with Gasteiger partial charge in [0.15, 0.2) is 6.10 Å². The van der Waals surface area contributed by atoms with E-state index >= 15 is 0 Å². The van der Waals surface area contributed by atoms with Crippen molar-refractivity contribution in [2.45, 2.75) is 66.1 Å². The number of rotatable bonds is 17. The monoisotopic (exact) mass is 513 g/mol. The Labute approximate surface area is 199 Å². The van der Waals surface area contributed by atoms with Crippen LogP contribution in [0.1, 0.15) is 54.4 Å². The average molecular weight is 513 g/mol. The van der Waals surface area contributed by atoms with Gasteiger partial charge in [-0.1, -0.05) is 0 Å². The minimum Gasteiger partial charge on any atom is -0.481 e. The highest BCUT2D eigenvalue weighted by Crippen LogP contribution is 2.43. The van der Waals surface area contributed by atoms with E-state index in [0.29, 0.717) is 0 Å². The first-order valence-corrected chi connectivity index (χ1v) is 12.0. The van der Waals surface area contributed by atoms with Gasteiger partial charge in [-0.3, -0.25) is 28.2 Å². The lowest BCUT2D eigenvalue weighted by atomic mass is 9.92. The van der Waals surface area contributed by atoms with E-state index in [2.05, 4.69) is 5.32 Å². The van der Waals surface area contributed by atoms with E-state index in [0.717, 1.165) is 13.8 Å². The molecule has 0 bridgehead atoms. The first kappa shape index (κ1) is 31.9. The summed E-state index contributed by atoms with van der Waals surface area (Å²) in [6, 6.07) is 0. The maximum Gasteiger partial charge on any atom is 0.472 e. The number of amides is 1. The van der Waals surface area contributed by atoms with Crippen molar-refractivity contribution < 1.29 is 57.0 Å². The summed E-state index contributed by atoms with van der Waals surface area (Å²) in [5.41, 5.74) is -1.70. The van der Waals surface area contributed by atoms with Crippen LogP contribution in [0.3, 0.4) is 0 Å². The Hall–Kier alpha value is -2.05. The highest BCUT2D eigenvalue weighted by Gasteiger charge is 2.32. The third kappa shape index (κ3) is 15.7. The van der Waals surface area contributed by atoms with E-state index in [4.69, 9.17) is 28.4 Å². The molecule has 0 heterocycles. The smallest absolute Gasteiger partial charge is 0.472 e. The lowest BCUT2D eigenvalue weighted by Crippen LogP contribution is -2.43. The van der Waals surface area contributed by atoms with Crippen molar-refractivity contribution in [2.75, 3.05) is 33.0 Å². The Bertz CT molecular complexity index is 752. The van der Waals surface area contributed by atoms with Gasteiger partial charge in [-0.15, -0.1) is 0 Å². The van der Waals surface area contributed by atoms with Crippen LogP contribution in [0.15, 0.2) is 0 Å². The van der Waals surface area contributed by atoms with Crippen LogP contribution in [0.2, 0.25) is 0 Å². The number of carbonyl (C=O) groups is 4. The van der Waals surface area contributed by atoms with Gasteiger partial charge >= 0.3 is 25.7 Å². The summed E-state index contributed by atoms with van der Waals surface area (Å²) in [6.07, 6.45) is -0.893. The maximum absolute atomic E-state index is 12.4. The largest absolute Gasteiger partial charge is 0.481 e. The number of hydrogen-bond donors (Lipinski definition) is 3. The normalized spacial score (nSPS) is 14.6. The Morgan fingerprint density at radius 2 is 1.62 bits per heavy atom. The van der Waals surface area contributed by atoms with E-state index in [-0.39, 0.29) is 39.2 Å². The van der Waals surface area contributed by atoms with Crippen molar-refractivity contribution in [1.29, 1.82) is 0 Å². The molecule has 14 heteroatoms. The van der Waals surface area contributed by atoms with Gasteiger partial charge in [0.05, 0.1) is 30.8 Å². The highest BCUT2D eigenvalue weighted by atomic mass is 31.2. The molecule has 0 aliphatic carbocycles. The van der Waals surface area contributed by atoms with Gasteiger partial charge in [0, 0.05) is 26.8 Å². The summed E-state index contributed by atoms with van der Waals surface area (Å²) in [5.74, 6) is -2.68. The molecule has 0 aromatic heterocycles. The van der Waals surface area contributed by atoms with Gasteiger partial charge in [0.25, 0.3) is 0 Å². The first-order valence-electron chi connectivity index (χ1n) is 10.5. The summed E-state index contributed by atoms with van der Waals surface area (Å²) < 4.78 is 36.8. The summed E-state index contributed by atoms with van der Waals surface area (Å²) in [6.45, 7) is 7.61. The number of carboxylic acid groups (broad SMARTS) is 1. The first-order chi connectivity index (χ1) is 15.5. The topological polar surface area (TPSA) is 184 Å². The van der Waals surface area contributed by atoms with Crippen LogP contribution in [0.25, 0.3) is 0 Å².